The minimum absolute atomic E-state index is 0.146. The van der Waals surface area contributed by atoms with Crippen molar-refractivity contribution in [2.24, 2.45) is 0 Å². The molecule has 2 heterocycles. The van der Waals surface area contributed by atoms with Crippen molar-refractivity contribution in [3.63, 3.8) is 0 Å². The number of likely N-dealkylation sites (N-methyl/N-ethyl adjacent to an activating group) is 1. The zero-order chi connectivity index (χ0) is 17.8. The fourth-order valence-electron chi connectivity index (χ4n) is 2.67. The molecule has 6 heteroatoms. The molecule has 3 aromatic rings. The molecular weight excluding hydrogens is 334 g/mol. The van der Waals surface area contributed by atoms with Crippen LogP contribution < -0.4 is 4.74 Å². The van der Waals surface area contributed by atoms with Crippen LogP contribution in [-0.4, -0.2) is 40.9 Å². The van der Waals surface area contributed by atoms with Crippen LogP contribution >= 0.6 is 11.3 Å². The van der Waals surface area contributed by atoms with Gasteiger partial charge in [0, 0.05) is 36.4 Å². The van der Waals surface area contributed by atoms with Gasteiger partial charge in [0.2, 0.25) is 5.91 Å². The molecule has 0 aliphatic carbocycles. The molecule has 0 aliphatic heterocycles. The smallest absolute Gasteiger partial charge is 0.228 e. The summed E-state index contributed by atoms with van der Waals surface area (Å²) in [6, 6.07) is 7.84. The van der Waals surface area contributed by atoms with Crippen LogP contribution in [0.2, 0.25) is 0 Å². The average Bonchev–Trinajstić information content (AvgIpc) is 3.21. The fraction of sp³-hybridized carbons (Fsp3) is 0.368. The molecule has 0 saturated heterocycles. The lowest BCUT2D eigenvalue weighted by Crippen LogP contribution is -2.29. The molecule has 0 radical (unpaired) electrons. The summed E-state index contributed by atoms with van der Waals surface area (Å²) < 4.78 is 7.22. The lowest BCUT2D eigenvalue weighted by atomic mass is 10.2. The van der Waals surface area contributed by atoms with Crippen LogP contribution in [0.4, 0.5) is 0 Å². The Morgan fingerprint density at radius 2 is 2.08 bits per heavy atom. The maximum atomic E-state index is 12.4. The number of hydrogen-bond acceptors (Lipinski definition) is 4. The van der Waals surface area contributed by atoms with Crippen molar-refractivity contribution in [3.8, 4) is 17.0 Å². The molecule has 0 unspecified atom stereocenters. The highest BCUT2D eigenvalue weighted by Crippen LogP contribution is 2.25. The molecule has 5 nitrogen and oxygen atoms in total. The van der Waals surface area contributed by atoms with E-state index >= 15 is 0 Å². The Kier molecular flexibility index (Phi) is 5.38. The van der Waals surface area contributed by atoms with Gasteiger partial charge < -0.3 is 9.64 Å². The van der Waals surface area contributed by atoms with Crippen molar-refractivity contribution in [2.75, 3.05) is 20.7 Å². The van der Waals surface area contributed by atoms with Crippen molar-refractivity contribution in [1.82, 2.24) is 14.3 Å². The summed E-state index contributed by atoms with van der Waals surface area (Å²) in [7, 11) is 3.53. The van der Waals surface area contributed by atoms with Crippen LogP contribution in [-0.2, 0) is 11.2 Å². The number of unbranched alkanes of at least 4 members (excludes halogenated alkanes) is 1. The van der Waals surface area contributed by atoms with Crippen LogP contribution in [0.1, 0.15) is 25.5 Å². The zero-order valence-corrected chi connectivity index (χ0v) is 15.7. The molecule has 0 saturated carbocycles. The van der Waals surface area contributed by atoms with Crippen LogP contribution in [0.15, 0.2) is 35.8 Å². The van der Waals surface area contributed by atoms with Crippen molar-refractivity contribution in [3.05, 3.63) is 41.5 Å². The number of aromatic nitrogens is 2. The second-order valence-electron chi connectivity index (χ2n) is 6.08. The summed E-state index contributed by atoms with van der Waals surface area (Å²) in [5.41, 5.74) is 2.93. The van der Waals surface area contributed by atoms with Gasteiger partial charge in [-0.2, -0.15) is 0 Å². The molecule has 0 aliphatic rings. The molecule has 1 amide bonds. The molecule has 2 aromatic heterocycles. The summed E-state index contributed by atoms with van der Waals surface area (Å²) in [6.07, 6.45) is 4.53. The van der Waals surface area contributed by atoms with Gasteiger partial charge in [-0.25, -0.2) is 4.98 Å². The van der Waals surface area contributed by atoms with Gasteiger partial charge in [-0.3, -0.25) is 9.20 Å². The minimum atomic E-state index is 0.146. The Morgan fingerprint density at radius 3 is 2.76 bits per heavy atom. The van der Waals surface area contributed by atoms with Gasteiger partial charge in [0.15, 0.2) is 4.96 Å². The van der Waals surface area contributed by atoms with E-state index in [2.05, 4.69) is 11.9 Å². The van der Waals surface area contributed by atoms with E-state index in [9.17, 15) is 4.79 Å². The molecule has 3 rings (SSSR count). The molecule has 0 bridgehead atoms. The van der Waals surface area contributed by atoms with Crippen molar-refractivity contribution in [2.45, 2.75) is 26.2 Å². The van der Waals surface area contributed by atoms with E-state index in [-0.39, 0.29) is 5.91 Å². The number of methoxy groups -OCH3 is 1. The molecular formula is C19H23N3O2S. The topological polar surface area (TPSA) is 46.8 Å². The molecule has 0 N–H and O–H groups in total. The second-order valence-corrected chi connectivity index (χ2v) is 6.92. The van der Waals surface area contributed by atoms with E-state index in [1.807, 2.05) is 52.2 Å². The molecule has 132 valence electrons. The Labute approximate surface area is 151 Å². The van der Waals surface area contributed by atoms with E-state index in [1.165, 1.54) is 0 Å². The second kappa shape index (κ2) is 7.70. The predicted octanol–water partition coefficient (Wildman–Crippen LogP) is 3.87. The van der Waals surface area contributed by atoms with Crippen molar-refractivity contribution < 1.29 is 9.53 Å². The van der Waals surface area contributed by atoms with Gasteiger partial charge in [0.25, 0.3) is 0 Å². The van der Waals surface area contributed by atoms with Gasteiger partial charge in [0.05, 0.1) is 19.2 Å². The van der Waals surface area contributed by atoms with E-state index < -0.39 is 0 Å². The van der Waals surface area contributed by atoms with Gasteiger partial charge in [0.1, 0.15) is 5.75 Å². The molecule has 0 fully saturated rings. The number of amides is 1. The van der Waals surface area contributed by atoms with Crippen LogP contribution in [0.3, 0.4) is 0 Å². The Bertz CT molecular complexity index is 851. The fourth-order valence-corrected chi connectivity index (χ4v) is 3.54. The Morgan fingerprint density at radius 1 is 1.32 bits per heavy atom. The maximum absolute atomic E-state index is 12.4. The first-order valence-electron chi connectivity index (χ1n) is 8.46. The molecule has 0 spiro atoms. The first-order chi connectivity index (χ1) is 12.1. The number of rotatable bonds is 7. The van der Waals surface area contributed by atoms with E-state index in [0.717, 1.165) is 47.0 Å². The predicted molar refractivity (Wildman–Crippen MR) is 101 cm³/mol. The highest BCUT2D eigenvalue weighted by Gasteiger charge is 2.15. The molecule has 0 atom stereocenters. The summed E-state index contributed by atoms with van der Waals surface area (Å²) in [5, 5.41) is 2.02. The molecule has 25 heavy (non-hydrogen) atoms. The van der Waals surface area contributed by atoms with Crippen molar-refractivity contribution >= 4 is 22.2 Å². The SMILES string of the molecule is CCCCN(C)C(=O)Cc1csc2nc(-c3ccc(OC)cc3)cn12. The van der Waals surface area contributed by atoms with E-state index in [1.54, 1.807) is 18.4 Å². The third kappa shape index (κ3) is 3.85. The summed E-state index contributed by atoms with van der Waals surface area (Å²) >= 11 is 1.57. The standard InChI is InChI=1S/C19H23N3O2S/c1-4-5-10-21(2)18(23)11-15-13-25-19-20-17(12-22(15)19)14-6-8-16(24-3)9-7-14/h6-9,12-13H,4-5,10-11H2,1-3H3. The monoisotopic (exact) mass is 357 g/mol. The Balaban J connectivity index is 1.79. The summed E-state index contributed by atoms with van der Waals surface area (Å²) in [5.74, 6) is 0.971. The largest absolute Gasteiger partial charge is 0.497 e. The number of thiazole rings is 1. The summed E-state index contributed by atoms with van der Waals surface area (Å²) in [4.78, 5) is 19.8. The normalized spacial score (nSPS) is 11.0. The minimum Gasteiger partial charge on any atom is -0.497 e. The summed E-state index contributed by atoms with van der Waals surface area (Å²) in [6.45, 7) is 2.94. The van der Waals surface area contributed by atoms with Crippen LogP contribution in [0.25, 0.3) is 16.2 Å². The highest BCUT2D eigenvalue weighted by atomic mass is 32.1. The maximum Gasteiger partial charge on any atom is 0.228 e. The first kappa shape index (κ1) is 17.5. The number of benzene rings is 1. The van der Waals surface area contributed by atoms with Crippen LogP contribution in [0, 0.1) is 0 Å². The lowest BCUT2D eigenvalue weighted by molar-refractivity contribution is -0.129. The van der Waals surface area contributed by atoms with Gasteiger partial charge in [-0.1, -0.05) is 13.3 Å². The van der Waals surface area contributed by atoms with Gasteiger partial charge >= 0.3 is 0 Å². The van der Waals surface area contributed by atoms with E-state index in [0.29, 0.717) is 6.42 Å². The number of ether oxygens (including phenoxy) is 1. The quantitative estimate of drug-likeness (QED) is 0.645. The highest BCUT2D eigenvalue weighted by molar-refractivity contribution is 7.15. The van der Waals surface area contributed by atoms with E-state index in [4.69, 9.17) is 4.74 Å². The Hall–Kier alpha value is -2.34. The third-order valence-corrected chi connectivity index (χ3v) is 5.16. The number of carbonyl (C=O) groups excluding carboxylic acids is 1. The van der Waals surface area contributed by atoms with Crippen LogP contribution in [0.5, 0.6) is 5.75 Å². The van der Waals surface area contributed by atoms with Gasteiger partial charge in [-0.15, -0.1) is 11.3 Å². The number of imidazole rings is 1. The zero-order valence-electron chi connectivity index (χ0n) is 14.9. The number of fused-ring (bicyclic) bond motifs is 1. The molecule has 1 aromatic carbocycles. The number of nitrogens with zero attached hydrogens (tertiary/aromatic N) is 3. The first-order valence-corrected chi connectivity index (χ1v) is 9.34. The van der Waals surface area contributed by atoms with Gasteiger partial charge in [-0.05, 0) is 30.7 Å². The lowest BCUT2D eigenvalue weighted by Gasteiger charge is -2.16. The number of hydrogen-bond donors (Lipinski definition) is 0. The average molecular weight is 357 g/mol. The van der Waals surface area contributed by atoms with Crippen molar-refractivity contribution in [1.29, 1.82) is 0 Å². The number of carbonyl (C=O) groups is 1. The third-order valence-electron chi connectivity index (χ3n) is 4.27.